The molecular formula is C14H21NO. The Hall–Kier alpha value is -1.02. The zero-order valence-corrected chi connectivity index (χ0v) is 10.6. The Bertz CT molecular complexity index is 373. The van der Waals surface area contributed by atoms with Crippen LogP contribution in [0.25, 0.3) is 0 Å². The van der Waals surface area contributed by atoms with E-state index in [0.29, 0.717) is 12.0 Å². The number of para-hydroxylation sites is 1. The minimum Gasteiger partial charge on any atom is -0.488 e. The summed E-state index contributed by atoms with van der Waals surface area (Å²) in [6, 6.07) is 8.87. The van der Waals surface area contributed by atoms with E-state index in [4.69, 9.17) is 4.74 Å². The van der Waals surface area contributed by atoms with E-state index in [1.54, 1.807) is 0 Å². The zero-order chi connectivity index (χ0) is 11.8. The minimum absolute atomic E-state index is 0.0653. The molecule has 1 aromatic rings. The predicted molar refractivity (Wildman–Crippen MR) is 67.0 cm³/mol. The van der Waals surface area contributed by atoms with Gasteiger partial charge in [0.2, 0.25) is 0 Å². The molecule has 0 bridgehead atoms. The molecule has 0 radical (unpaired) electrons. The summed E-state index contributed by atoms with van der Waals surface area (Å²) in [6.45, 7) is 6.57. The van der Waals surface area contributed by atoms with Gasteiger partial charge in [-0.05, 0) is 45.9 Å². The second kappa shape index (κ2) is 4.10. The van der Waals surface area contributed by atoms with Crippen molar-refractivity contribution >= 4 is 0 Å². The highest BCUT2D eigenvalue weighted by Gasteiger charge is 2.35. The van der Waals surface area contributed by atoms with Gasteiger partial charge in [0.05, 0.1) is 0 Å². The van der Waals surface area contributed by atoms with Crippen LogP contribution < -0.4 is 10.1 Å². The third-order valence-electron chi connectivity index (χ3n) is 3.48. The van der Waals surface area contributed by atoms with Gasteiger partial charge in [-0.25, -0.2) is 0 Å². The summed E-state index contributed by atoms with van der Waals surface area (Å²) in [5, 5.41) is 3.36. The highest BCUT2D eigenvalue weighted by Crippen LogP contribution is 2.41. The molecule has 0 aliphatic carbocycles. The van der Waals surface area contributed by atoms with Crippen molar-refractivity contribution in [2.45, 2.75) is 44.8 Å². The molecule has 88 valence electrons. The normalized spacial score (nSPS) is 24.4. The summed E-state index contributed by atoms with van der Waals surface area (Å²) in [5.74, 6) is 1.58. The standard InChI is InChI=1S/C14H21NO/c1-10(15-4)12-9-14(2,3)16-13-8-6-5-7-11(12)13/h5-8,10,12,15H,9H2,1-4H3. The van der Waals surface area contributed by atoms with Crippen molar-refractivity contribution in [2.75, 3.05) is 7.05 Å². The van der Waals surface area contributed by atoms with Crippen LogP contribution in [0.3, 0.4) is 0 Å². The van der Waals surface area contributed by atoms with Gasteiger partial charge in [-0.15, -0.1) is 0 Å². The Morgan fingerprint density at radius 2 is 2.06 bits per heavy atom. The molecule has 2 heteroatoms. The molecule has 2 unspecified atom stereocenters. The first-order valence-corrected chi connectivity index (χ1v) is 5.99. The number of ether oxygens (including phenoxy) is 1. The fourth-order valence-electron chi connectivity index (χ4n) is 2.51. The van der Waals surface area contributed by atoms with Crippen molar-refractivity contribution in [3.8, 4) is 5.75 Å². The van der Waals surface area contributed by atoms with E-state index < -0.39 is 0 Å². The summed E-state index contributed by atoms with van der Waals surface area (Å²) < 4.78 is 6.02. The molecule has 1 heterocycles. The molecular weight excluding hydrogens is 198 g/mol. The van der Waals surface area contributed by atoms with E-state index in [1.807, 2.05) is 13.1 Å². The van der Waals surface area contributed by atoms with Gasteiger partial charge in [0.15, 0.2) is 0 Å². The molecule has 0 amide bonds. The van der Waals surface area contributed by atoms with Gasteiger partial charge >= 0.3 is 0 Å². The van der Waals surface area contributed by atoms with E-state index in [9.17, 15) is 0 Å². The third kappa shape index (κ3) is 2.07. The van der Waals surface area contributed by atoms with Gasteiger partial charge in [0, 0.05) is 12.0 Å². The summed E-state index contributed by atoms with van der Waals surface area (Å²) in [4.78, 5) is 0. The molecule has 1 aromatic carbocycles. The third-order valence-corrected chi connectivity index (χ3v) is 3.48. The molecule has 2 atom stereocenters. The first-order chi connectivity index (χ1) is 7.53. The van der Waals surface area contributed by atoms with Gasteiger partial charge in [0.25, 0.3) is 0 Å². The van der Waals surface area contributed by atoms with Crippen LogP contribution in [0.5, 0.6) is 5.75 Å². The lowest BCUT2D eigenvalue weighted by atomic mass is 9.80. The van der Waals surface area contributed by atoms with Crippen molar-refractivity contribution < 1.29 is 4.74 Å². The Kier molecular flexibility index (Phi) is 2.94. The van der Waals surface area contributed by atoms with Gasteiger partial charge in [-0.1, -0.05) is 18.2 Å². The SMILES string of the molecule is CNC(C)C1CC(C)(C)Oc2ccccc21. The first kappa shape index (κ1) is 11.5. The minimum atomic E-state index is -0.0653. The van der Waals surface area contributed by atoms with Gasteiger partial charge in [-0.3, -0.25) is 0 Å². The van der Waals surface area contributed by atoms with E-state index in [0.717, 1.165) is 12.2 Å². The number of hydrogen-bond donors (Lipinski definition) is 1. The van der Waals surface area contributed by atoms with E-state index in [1.165, 1.54) is 5.56 Å². The van der Waals surface area contributed by atoms with Crippen LogP contribution in [0.15, 0.2) is 24.3 Å². The molecule has 16 heavy (non-hydrogen) atoms. The van der Waals surface area contributed by atoms with Crippen molar-refractivity contribution in [2.24, 2.45) is 0 Å². The maximum Gasteiger partial charge on any atom is 0.123 e. The second-order valence-electron chi connectivity index (χ2n) is 5.29. The van der Waals surface area contributed by atoms with E-state index >= 15 is 0 Å². The highest BCUT2D eigenvalue weighted by atomic mass is 16.5. The van der Waals surface area contributed by atoms with Crippen LogP contribution in [0.4, 0.5) is 0 Å². The molecule has 1 N–H and O–H groups in total. The summed E-state index contributed by atoms with van der Waals surface area (Å²) >= 11 is 0. The average Bonchev–Trinajstić information content (AvgIpc) is 2.25. The van der Waals surface area contributed by atoms with Gasteiger partial charge in [0.1, 0.15) is 11.4 Å². The number of likely N-dealkylation sites (N-methyl/N-ethyl adjacent to an activating group) is 1. The van der Waals surface area contributed by atoms with Crippen molar-refractivity contribution in [1.29, 1.82) is 0 Å². The Morgan fingerprint density at radius 1 is 1.38 bits per heavy atom. The first-order valence-electron chi connectivity index (χ1n) is 5.99. The molecule has 0 fully saturated rings. The Labute approximate surface area is 98.0 Å². The van der Waals surface area contributed by atoms with Crippen LogP contribution in [-0.4, -0.2) is 18.7 Å². The highest BCUT2D eigenvalue weighted by molar-refractivity contribution is 5.39. The quantitative estimate of drug-likeness (QED) is 0.825. The number of benzene rings is 1. The lowest BCUT2D eigenvalue weighted by molar-refractivity contribution is 0.0665. The molecule has 0 saturated heterocycles. The number of nitrogens with one attached hydrogen (secondary N) is 1. The summed E-state index contributed by atoms with van der Waals surface area (Å²) in [7, 11) is 2.02. The smallest absolute Gasteiger partial charge is 0.123 e. The molecule has 0 saturated carbocycles. The van der Waals surface area contributed by atoms with Crippen LogP contribution in [-0.2, 0) is 0 Å². The molecule has 0 aromatic heterocycles. The fraction of sp³-hybridized carbons (Fsp3) is 0.571. The number of hydrogen-bond acceptors (Lipinski definition) is 2. The Morgan fingerprint density at radius 3 is 2.75 bits per heavy atom. The van der Waals surface area contributed by atoms with Gasteiger partial charge in [-0.2, -0.15) is 0 Å². The summed E-state index contributed by atoms with van der Waals surface area (Å²) in [5.41, 5.74) is 1.27. The molecule has 2 nitrogen and oxygen atoms in total. The fourth-order valence-corrected chi connectivity index (χ4v) is 2.51. The molecule has 0 spiro atoms. The predicted octanol–water partition coefficient (Wildman–Crippen LogP) is 2.94. The van der Waals surface area contributed by atoms with Gasteiger partial charge < -0.3 is 10.1 Å². The van der Waals surface area contributed by atoms with Crippen LogP contribution in [0, 0.1) is 0 Å². The van der Waals surface area contributed by atoms with Crippen LogP contribution in [0.1, 0.15) is 38.7 Å². The van der Waals surface area contributed by atoms with Crippen LogP contribution >= 0.6 is 0 Å². The van der Waals surface area contributed by atoms with Crippen molar-refractivity contribution in [3.63, 3.8) is 0 Å². The monoisotopic (exact) mass is 219 g/mol. The number of rotatable bonds is 2. The number of fused-ring (bicyclic) bond motifs is 1. The summed E-state index contributed by atoms with van der Waals surface area (Å²) in [6.07, 6.45) is 1.06. The largest absolute Gasteiger partial charge is 0.488 e. The van der Waals surface area contributed by atoms with E-state index in [2.05, 4.69) is 44.3 Å². The zero-order valence-electron chi connectivity index (χ0n) is 10.6. The topological polar surface area (TPSA) is 21.3 Å². The average molecular weight is 219 g/mol. The Balaban J connectivity index is 2.39. The second-order valence-corrected chi connectivity index (χ2v) is 5.29. The van der Waals surface area contributed by atoms with Crippen LogP contribution in [0.2, 0.25) is 0 Å². The lowest BCUT2D eigenvalue weighted by Gasteiger charge is -2.40. The van der Waals surface area contributed by atoms with Crippen molar-refractivity contribution in [1.82, 2.24) is 5.32 Å². The molecule has 2 rings (SSSR count). The maximum atomic E-state index is 6.02. The maximum absolute atomic E-state index is 6.02. The van der Waals surface area contributed by atoms with E-state index in [-0.39, 0.29) is 5.60 Å². The molecule has 1 aliphatic heterocycles. The lowest BCUT2D eigenvalue weighted by Crippen LogP contribution is -2.41. The molecule has 1 aliphatic rings. The van der Waals surface area contributed by atoms with Crippen molar-refractivity contribution in [3.05, 3.63) is 29.8 Å².